The molecule has 142 valence electrons. The molecule has 2 aromatic rings. The van der Waals surface area contributed by atoms with Crippen LogP contribution in [0.25, 0.3) is 0 Å². The van der Waals surface area contributed by atoms with Crippen molar-refractivity contribution >= 4 is 29.2 Å². The lowest BCUT2D eigenvalue weighted by Gasteiger charge is -2.22. The summed E-state index contributed by atoms with van der Waals surface area (Å²) in [7, 11) is 0. The fraction of sp³-hybridized carbons (Fsp3) is 0.273. The number of rotatable bonds is 4. The Labute approximate surface area is 167 Å². The average molecular weight is 396 g/mol. The minimum Gasteiger partial charge on any atom is -0.460 e. The molecule has 0 radical (unpaired) electrons. The molecule has 0 aromatic heterocycles. The first-order valence-electron chi connectivity index (χ1n) is 9.22. The summed E-state index contributed by atoms with van der Waals surface area (Å²) < 4.78 is 11.6. The van der Waals surface area contributed by atoms with Gasteiger partial charge in [0.25, 0.3) is 0 Å². The molecule has 0 saturated carbocycles. The SMILES string of the molecule is O=C(OCc1ccccc1)C1[C@H]2C(=O)N(c3cccc(Cl)c3)C[C@]23C=C[C@H]1O3. The molecule has 3 heterocycles. The van der Waals surface area contributed by atoms with Crippen molar-refractivity contribution in [2.24, 2.45) is 11.8 Å². The van der Waals surface area contributed by atoms with Gasteiger partial charge in [-0.3, -0.25) is 9.59 Å². The number of fused-ring (bicyclic) bond motifs is 1. The first-order chi connectivity index (χ1) is 13.6. The van der Waals surface area contributed by atoms with E-state index in [0.717, 1.165) is 5.56 Å². The van der Waals surface area contributed by atoms with Crippen LogP contribution in [0.15, 0.2) is 66.7 Å². The van der Waals surface area contributed by atoms with Gasteiger partial charge in [-0.2, -0.15) is 0 Å². The predicted octanol–water partition coefficient (Wildman–Crippen LogP) is 3.37. The van der Waals surface area contributed by atoms with Crippen molar-refractivity contribution in [3.8, 4) is 0 Å². The van der Waals surface area contributed by atoms with Gasteiger partial charge in [0, 0.05) is 10.7 Å². The molecule has 3 aliphatic rings. The van der Waals surface area contributed by atoms with E-state index < -0.39 is 29.5 Å². The van der Waals surface area contributed by atoms with Gasteiger partial charge >= 0.3 is 5.97 Å². The Morgan fingerprint density at radius 1 is 1.21 bits per heavy atom. The number of benzene rings is 2. The Bertz CT molecular complexity index is 976. The molecule has 1 spiro atoms. The Balaban J connectivity index is 1.39. The van der Waals surface area contributed by atoms with Crippen LogP contribution in [0.3, 0.4) is 0 Å². The van der Waals surface area contributed by atoms with Crippen molar-refractivity contribution in [3.63, 3.8) is 0 Å². The summed E-state index contributed by atoms with van der Waals surface area (Å²) in [5.41, 5.74) is 0.835. The minimum absolute atomic E-state index is 0.129. The standard InChI is InChI=1S/C22H18ClNO4/c23-15-7-4-8-16(11-15)24-13-22-10-9-17(28-22)18(19(22)20(24)25)21(26)27-12-14-5-2-1-3-6-14/h1-11,17-19H,12-13H2/t17-,18?,19+,22-/m1/s1. The monoisotopic (exact) mass is 395 g/mol. The van der Waals surface area contributed by atoms with E-state index in [4.69, 9.17) is 21.1 Å². The molecule has 3 aliphatic heterocycles. The molecule has 5 rings (SSSR count). The number of esters is 1. The van der Waals surface area contributed by atoms with Crippen LogP contribution >= 0.6 is 11.6 Å². The largest absolute Gasteiger partial charge is 0.460 e. The number of ether oxygens (including phenoxy) is 2. The summed E-state index contributed by atoms with van der Waals surface area (Å²) in [4.78, 5) is 27.7. The van der Waals surface area contributed by atoms with Gasteiger partial charge < -0.3 is 14.4 Å². The van der Waals surface area contributed by atoms with Crippen molar-refractivity contribution in [2.45, 2.75) is 18.3 Å². The van der Waals surface area contributed by atoms with Gasteiger partial charge in [-0.25, -0.2) is 0 Å². The highest BCUT2D eigenvalue weighted by atomic mass is 35.5. The summed E-state index contributed by atoms with van der Waals surface area (Å²) in [5, 5.41) is 0.555. The molecular weight excluding hydrogens is 378 g/mol. The van der Waals surface area contributed by atoms with Gasteiger partial charge in [-0.15, -0.1) is 0 Å². The first-order valence-corrected chi connectivity index (χ1v) is 9.60. The van der Waals surface area contributed by atoms with Gasteiger partial charge in [-0.1, -0.05) is 60.2 Å². The highest BCUT2D eigenvalue weighted by molar-refractivity contribution is 6.31. The van der Waals surface area contributed by atoms with E-state index in [2.05, 4.69) is 0 Å². The number of amides is 1. The highest BCUT2D eigenvalue weighted by Gasteiger charge is 2.67. The van der Waals surface area contributed by atoms with Crippen LogP contribution in [0.1, 0.15) is 5.56 Å². The van der Waals surface area contributed by atoms with Gasteiger partial charge in [0.15, 0.2) is 0 Å². The second-order valence-corrected chi connectivity index (χ2v) is 7.83. The lowest BCUT2D eigenvalue weighted by atomic mass is 9.77. The number of hydrogen-bond donors (Lipinski definition) is 0. The van der Waals surface area contributed by atoms with E-state index in [9.17, 15) is 9.59 Å². The Morgan fingerprint density at radius 3 is 2.82 bits per heavy atom. The van der Waals surface area contributed by atoms with E-state index >= 15 is 0 Å². The molecule has 1 amide bonds. The van der Waals surface area contributed by atoms with Crippen molar-refractivity contribution in [1.82, 2.24) is 0 Å². The zero-order valence-corrected chi connectivity index (χ0v) is 15.7. The number of anilines is 1. The molecule has 5 nitrogen and oxygen atoms in total. The summed E-state index contributed by atoms with van der Waals surface area (Å²) in [6.45, 7) is 0.546. The van der Waals surface area contributed by atoms with Crippen LogP contribution < -0.4 is 4.90 Å². The van der Waals surface area contributed by atoms with E-state index in [1.165, 1.54) is 0 Å². The molecule has 2 fully saturated rings. The zero-order valence-electron chi connectivity index (χ0n) is 15.0. The quantitative estimate of drug-likeness (QED) is 0.588. The molecule has 2 bridgehead atoms. The van der Waals surface area contributed by atoms with E-state index in [1.54, 1.807) is 23.1 Å². The fourth-order valence-electron chi connectivity index (χ4n) is 4.45. The fourth-order valence-corrected chi connectivity index (χ4v) is 4.64. The Morgan fingerprint density at radius 2 is 2.04 bits per heavy atom. The van der Waals surface area contributed by atoms with Crippen LogP contribution in [-0.4, -0.2) is 30.1 Å². The second-order valence-electron chi connectivity index (χ2n) is 7.40. The van der Waals surface area contributed by atoms with Crippen molar-refractivity contribution in [2.75, 3.05) is 11.4 Å². The summed E-state index contributed by atoms with van der Waals surface area (Å²) in [6.07, 6.45) is 3.38. The van der Waals surface area contributed by atoms with Crippen molar-refractivity contribution in [1.29, 1.82) is 0 Å². The third-order valence-electron chi connectivity index (χ3n) is 5.72. The lowest BCUT2D eigenvalue weighted by molar-refractivity contribution is -0.153. The first kappa shape index (κ1) is 17.5. The second kappa shape index (κ2) is 6.47. The predicted molar refractivity (Wildman–Crippen MR) is 104 cm³/mol. The minimum atomic E-state index is -0.777. The smallest absolute Gasteiger partial charge is 0.313 e. The molecule has 2 aromatic carbocycles. The molecular formula is C22H18ClNO4. The van der Waals surface area contributed by atoms with E-state index in [1.807, 2.05) is 48.6 Å². The number of carbonyl (C=O) groups is 2. The third kappa shape index (κ3) is 2.65. The van der Waals surface area contributed by atoms with Gasteiger partial charge in [0.1, 0.15) is 18.1 Å². The molecule has 0 N–H and O–H groups in total. The summed E-state index contributed by atoms with van der Waals surface area (Å²) in [5.74, 6) is -1.74. The van der Waals surface area contributed by atoms with E-state index in [0.29, 0.717) is 17.3 Å². The molecule has 28 heavy (non-hydrogen) atoms. The topological polar surface area (TPSA) is 55.8 Å². The maximum Gasteiger partial charge on any atom is 0.313 e. The van der Waals surface area contributed by atoms with Crippen LogP contribution in [0.4, 0.5) is 5.69 Å². The normalized spacial score (nSPS) is 30.0. The summed E-state index contributed by atoms with van der Waals surface area (Å²) >= 11 is 6.09. The van der Waals surface area contributed by atoms with Crippen molar-refractivity contribution in [3.05, 3.63) is 77.3 Å². The maximum absolute atomic E-state index is 13.2. The van der Waals surface area contributed by atoms with Crippen LogP contribution in [0.2, 0.25) is 5.02 Å². The van der Waals surface area contributed by atoms with Crippen LogP contribution in [0.5, 0.6) is 0 Å². The molecule has 6 heteroatoms. The zero-order chi connectivity index (χ0) is 19.3. The van der Waals surface area contributed by atoms with Crippen LogP contribution in [0, 0.1) is 11.8 Å². The average Bonchev–Trinajstić information content (AvgIpc) is 3.35. The summed E-state index contributed by atoms with van der Waals surface area (Å²) in [6, 6.07) is 16.6. The molecule has 1 unspecified atom stereocenters. The molecule has 2 saturated heterocycles. The van der Waals surface area contributed by atoms with Gasteiger partial charge in [0.2, 0.25) is 5.91 Å². The Kier molecular flexibility index (Phi) is 4.03. The van der Waals surface area contributed by atoms with Gasteiger partial charge in [0.05, 0.1) is 18.6 Å². The lowest BCUT2D eigenvalue weighted by Crippen LogP contribution is -2.40. The molecule has 4 atom stereocenters. The number of halogens is 1. The number of hydrogen-bond acceptors (Lipinski definition) is 4. The Hall–Kier alpha value is -2.63. The van der Waals surface area contributed by atoms with Crippen molar-refractivity contribution < 1.29 is 19.1 Å². The van der Waals surface area contributed by atoms with Gasteiger partial charge in [-0.05, 0) is 23.8 Å². The highest BCUT2D eigenvalue weighted by Crippen LogP contribution is 2.53. The number of carbonyl (C=O) groups excluding carboxylic acids is 2. The third-order valence-corrected chi connectivity index (χ3v) is 5.95. The maximum atomic E-state index is 13.2. The molecule has 0 aliphatic carbocycles. The van der Waals surface area contributed by atoms with E-state index in [-0.39, 0.29) is 12.5 Å². The number of nitrogens with zero attached hydrogens (tertiary/aromatic N) is 1. The van der Waals surface area contributed by atoms with Crippen LogP contribution in [-0.2, 0) is 25.7 Å².